The Labute approximate surface area is 165 Å². The van der Waals surface area contributed by atoms with E-state index in [1.165, 1.54) is 0 Å². The van der Waals surface area contributed by atoms with Crippen LogP contribution in [0.3, 0.4) is 0 Å². The molecular weight excluding hydrogens is 433 g/mol. The van der Waals surface area contributed by atoms with E-state index in [0.717, 1.165) is 12.1 Å². The topological polar surface area (TPSA) is 99.8 Å². The molecule has 2 amide bonds. The molecule has 8 heteroatoms. The molecule has 1 heterocycles. The Morgan fingerprint density at radius 1 is 1.36 bits per heavy atom. The van der Waals surface area contributed by atoms with E-state index in [9.17, 15) is 9.59 Å². The van der Waals surface area contributed by atoms with Crippen molar-refractivity contribution >= 4 is 41.8 Å². The van der Waals surface area contributed by atoms with Gasteiger partial charge in [-0.05, 0) is 23.6 Å². The largest absolute Gasteiger partial charge is 0.370 e. The van der Waals surface area contributed by atoms with Crippen LogP contribution in [-0.4, -0.2) is 48.9 Å². The normalized spacial score (nSPS) is 14.8. The standard InChI is InChI=1S/C17H25N5O2.HI/c1-12(2)9-20-17(18)21-10-13-3-5-14(6-4-13)16(24)22-8-7-19-15(23)11-22;/h3-6,12H,7-11H2,1-2H3,(H,19,23)(H3,18,20,21);1H. The zero-order valence-corrected chi connectivity index (χ0v) is 16.9. The van der Waals surface area contributed by atoms with Crippen LogP contribution in [0.25, 0.3) is 0 Å². The number of hydrogen-bond donors (Lipinski definition) is 3. The summed E-state index contributed by atoms with van der Waals surface area (Å²) >= 11 is 0. The molecule has 0 radical (unpaired) electrons. The number of guanidine groups is 1. The van der Waals surface area contributed by atoms with E-state index < -0.39 is 0 Å². The summed E-state index contributed by atoms with van der Waals surface area (Å²) in [6.07, 6.45) is 0. The highest BCUT2D eigenvalue weighted by Gasteiger charge is 2.21. The Balaban J connectivity index is 0.00000312. The summed E-state index contributed by atoms with van der Waals surface area (Å²) in [5, 5.41) is 5.76. The van der Waals surface area contributed by atoms with Crippen LogP contribution in [0.4, 0.5) is 0 Å². The monoisotopic (exact) mass is 459 g/mol. The van der Waals surface area contributed by atoms with Gasteiger partial charge in [0, 0.05) is 25.2 Å². The number of benzene rings is 1. The van der Waals surface area contributed by atoms with E-state index in [1.807, 2.05) is 12.1 Å². The van der Waals surface area contributed by atoms with Crippen molar-refractivity contribution in [2.45, 2.75) is 20.4 Å². The lowest BCUT2D eigenvalue weighted by Crippen LogP contribution is -2.49. The molecule has 1 aliphatic heterocycles. The second-order valence-electron chi connectivity index (χ2n) is 6.25. The van der Waals surface area contributed by atoms with E-state index in [-0.39, 0.29) is 42.3 Å². The highest BCUT2D eigenvalue weighted by molar-refractivity contribution is 14.0. The van der Waals surface area contributed by atoms with Crippen LogP contribution in [0.1, 0.15) is 29.8 Å². The summed E-state index contributed by atoms with van der Waals surface area (Å²) in [5.74, 6) is 0.673. The summed E-state index contributed by atoms with van der Waals surface area (Å²) in [6, 6.07) is 7.24. The van der Waals surface area contributed by atoms with E-state index in [4.69, 9.17) is 5.73 Å². The Kier molecular flexibility index (Phi) is 8.67. The molecule has 0 aliphatic carbocycles. The van der Waals surface area contributed by atoms with Gasteiger partial charge in [0.2, 0.25) is 5.91 Å². The van der Waals surface area contributed by atoms with Crippen LogP contribution in [0.5, 0.6) is 0 Å². The number of aliphatic imine (C=N–C) groups is 1. The van der Waals surface area contributed by atoms with Crippen LogP contribution in [-0.2, 0) is 11.3 Å². The number of hydrogen-bond acceptors (Lipinski definition) is 3. The summed E-state index contributed by atoms with van der Waals surface area (Å²) in [4.78, 5) is 29.6. The van der Waals surface area contributed by atoms with Crippen molar-refractivity contribution in [1.82, 2.24) is 15.5 Å². The third kappa shape index (κ3) is 6.89. The van der Waals surface area contributed by atoms with Crippen LogP contribution in [0, 0.1) is 5.92 Å². The minimum atomic E-state index is -0.127. The lowest BCUT2D eigenvalue weighted by Gasteiger charge is -2.26. The van der Waals surface area contributed by atoms with Gasteiger partial charge in [-0.1, -0.05) is 26.0 Å². The fourth-order valence-electron chi connectivity index (χ4n) is 2.29. The summed E-state index contributed by atoms with van der Waals surface area (Å²) in [7, 11) is 0. The molecule has 0 spiro atoms. The number of nitrogens with zero attached hydrogens (tertiary/aromatic N) is 2. The van der Waals surface area contributed by atoms with E-state index in [2.05, 4.69) is 29.5 Å². The Morgan fingerprint density at radius 2 is 2.04 bits per heavy atom. The smallest absolute Gasteiger partial charge is 0.254 e. The molecule has 2 rings (SSSR count). The molecule has 4 N–H and O–H groups in total. The number of rotatable bonds is 5. The van der Waals surface area contributed by atoms with Crippen molar-refractivity contribution in [2.24, 2.45) is 16.6 Å². The van der Waals surface area contributed by atoms with E-state index in [0.29, 0.717) is 37.1 Å². The van der Waals surface area contributed by atoms with Gasteiger partial charge in [-0.2, -0.15) is 0 Å². The van der Waals surface area contributed by atoms with Crippen molar-refractivity contribution in [1.29, 1.82) is 0 Å². The first-order valence-electron chi connectivity index (χ1n) is 8.14. The van der Waals surface area contributed by atoms with Gasteiger partial charge in [-0.25, -0.2) is 4.99 Å². The van der Waals surface area contributed by atoms with Crippen molar-refractivity contribution in [2.75, 3.05) is 26.2 Å². The lowest BCUT2D eigenvalue weighted by atomic mass is 10.1. The Morgan fingerprint density at radius 3 is 2.64 bits per heavy atom. The van der Waals surface area contributed by atoms with Crippen molar-refractivity contribution < 1.29 is 9.59 Å². The Bertz CT molecular complexity index is 616. The first kappa shape index (κ1) is 21.2. The maximum Gasteiger partial charge on any atom is 0.254 e. The molecule has 1 aromatic rings. The highest BCUT2D eigenvalue weighted by Crippen LogP contribution is 2.09. The average molecular weight is 459 g/mol. The fraction of sp³-hybridized carbons (Fsp3) is 0.471. The molecule has 1 saturated heterocycles. The van der Waals surface area contributed by atoms with Gasteiger partial charge in [0.25, 0.3) is 5.91 Å². The number of halogens is 1. The molecule has 0 unspecified atom stereocenters. The second-order valence-corrected chi connectivity index (χ2v) is 6.25. The van der Waals surface area contributed by atoms with E-state index >= 15 is 0 Å². The predicted molar refractivity (Wildman–Crippen MR) is 109 cm³/mol. The highest BCUT2D eigenvalue weighted by atomic mass is 127. The fourth-order valence-corrected chi connectivity index (χ4v) is 2.29. The molecule has 25 heavy (non-hydrogen) atoms. The maximum absolute atomic E-state index is 12.4. The number of piperazine rings is 1. The number of nitrogens with two attached hydrogens (primary N) is 1. The molecule has 0 atom stereocenters. The molecular formula is C17H26IN5O2. The minimum Gasteiger partial charge on any atom is -0.370 e. The number of nitrogens with one attached hydrogen (secondary N) is 2. The molecule has 1 aliphatic rings. The summed E-state index contributed by atoms with van der Waals surface area (Å²) in [6.45, 7) is 6.59. The first-order valence-corrected chi connectivity index (χ1v) is 8.14. The van der Waals surface area contributed by atoms with Gasteiger partial charge in [-0.3, -0.25) is 9.59 Å². The summed E-state index contributed by atoms with van der Waals surface area (Å²) in [5.41, 5.74) is 7.34. The van der Waals surface area contributed by atoms with Gasteiger partial charge >= 0.3 is 0 Å². The third-order valence-corrected chi connectivity index (χ3v) is 3.65. The quantitative estimate of drug-likeness (QED) is 0.347. The minimum absolute atomic E-state index is 0. The van der Waals surface area contributed by atoms with E-state index in [1.54, 1.807) is 17.0 Å². The SMILES string of the molecule is CC(C)CNC(N)=NCc1ccc(C(=O)N2CCNC(=O)C2)cc1.I. The van der Waals surface area contributed by atoms with Gasteiger partial charge in [0.15, 0.2) is 5.96 Å². The molecule has 0 bridgehead atoms. The molecule has 138 valence electrons. The lowest BCUT2D eigenvalue weighted by molar-refractivity contribution is -0.123. The van der Waals surface area contributed by atoms with Crippen molar-refractivity contribution in [3.05, 3.63) is 35.4 Å². The predicted octanol–water partition coefficient (Wildman–Crippen LogP) is 0.937. The van der Waals surface area contributed by atoms with Gasteiger partial charge in [0.1, 0.15) is 0 Å². The maximum atomic E-state index is 12.4. The molecule has 1 fully saturated rings. The van der Waals surface area contributed by atoms with Gasteiger partial charge < -0.3 is 21.3 Å². The zero-order chi connectivity index (χ0) is 17.5. The Hall–Kier alpha value is -1.84. The summed E-state index contributed by atoms with van der Waals surface area (Å²) < 4.78 is 0. The van der Waals surface area contributed by atoms with Crippen LogP contribution in [0.15, 0.2) is 29.3 Å². The molecule has 7 nitrogen and oxygen atoms in total. The average Bonchev–Trinajstić information content (AvgIpc) is 2.58. The molecule has 1 aromatic carbocycles. The first-order chi connectivity index (χ1) is 11.5. The van der Waals surface area contributed by atoms with Crippen LogP contribution in [0.2, 0.25) is 0 Å². The van der Waals surface area contributed by atoms with Gasteiger partial charge in [0.05, 0.1) is 13.1 Å². The number of amides is 2. The molecule has 0 aromatic heterocycles. The second kappa shape index (κ2) is 10.2. The van der Waals surface area contributed by atoms with Gasteiger partial charge in [-0.15, -0.1) is 24.0 Å². The van der Waals surface area contributed by atoms with Crippen molar-refractivity contribution in [3.63, 3.8) is 0 Å². The number of carbonyl (C=O) groups excluding carboxylic acids is 2. The molecule has 0 saturated carbocycles. The zero-order valence-electron chi connectivity index (χ0n) is 14.6. The van der Waals surface area contributed by atoms with Crippen LogP contribution >= 0.6 is 24.0 Å². The van der Waals surface area contributed by atoms with Crippen LogP contribution < -0.4 is 16.4 Å². The number of carbonyl (C=O) groups is 2. The van der Waals surface area contributed by atoms with Crippen molar-refractivity contribution in [3.8, 4) is 0 Å². The third-order valence-electron chi connectivity index (χ3n) is 3.65.